The summed E-state index contributed by atoms with van der Waals surface area (Å²) in [5.74, 6) is -1.98. The number of aryl methyl sites for hydroxylation is 1. The lowest BCUT2D eigenvalue weighted by Gasteiger charge is -2.29. The van der Waals surface area contributed by atoms with Crippen molar-refractivity contribution in [2.24, 2.45) is 5.92 Å². The van der Waals surface area contributed by atoms with Gasteiger partial charge in [-0.2, -0.15) is 0 Å². The zero-order valence-electron chi connectivity index (χ0n) is 15.4. The molecule has 1 aliphatic heterocycles. The van der Waals surface area contributed by atoms with Crippen molar-refractivity contribution in [1.29, 1.82) is 0 Å². The number of hydrogen-bond acceptors (Lipinski definition) is 4. The second-order valence-electron chi connectivity index (χ2n) is 6.98. The number of carboxylic acids is 1. The molecule has 142 valence electrons. The normalized spacial score (nSPS) is 19.3. The second-order valence-corrected chi connectivity index (χ2v) is 6.98. The van der Waals surface area contributed by atoms with Crippen molar-refractivity contribution < 1.29 is 24.2 Å². The minimum atomic E-state index is -1.02. The van der Waals surface area contributed by atoms with E-state index in [0.29, 0.717) is 0 Å². The Balaban J connectivity index is 2.06. The van der Waals surface area contributed by atoms with E-state index in [0.717, 1.165) is 12.1 Å². The molecule has 2 atom stereocenters. The lowest BCUT2D eigenvalue weighted by Crippen LogP contribution is -2.52. The van der Waals surface area contributed by atoms with Crippen molar-refractivity contribution >= 4 is 23.5 Å². The molecular weight excluding hydrogens is 336 g/mol. The highest BCUT2D eigenvalue weighted by atomic mass is 16.5. The summed E-state index contributed by atoms with van der Waals surface area (Å²) in [5, 5.41) is 11.8. The molecule has 2 rings (SSSR count). The smallest absolute Gasteiger partial charge is 0.305 e. The molecule has 0 spiro atoms. The Bertz CT molecular complexity index is 673. The maximum Gasteiger partial charge on any atom is 0.305 e. The predicted molar refractivity (Wildman–Crippen MR) is 97.0 cm³/mol. The van der Waals surface area contributed by atoms with Crippen LogP contribution in [-0.4, -0.2) is 48.7 Å². The maximum atomic E-state index is 12.6. The minimum absolute atomic E-state index is 0.0773. The number of carbonyl (C=O) groups excluding carboxylic acids is 2. The van der Waals surface area contributed by atoms with Gasteiger partial charge >= 0.3 is 5.97 Å². The van der Waals surface area contributed by atoms with Crippen molar-refractivity contribution in [2.45, 2.75) is 38.6 Å². The summed E-state index contributed by atoms with van der Waals surface area (Å²) in [6.07, 6.45) is 0.772. The Hall–Kier alpha value is -2.41. The van der Waals surface area contributed by atoms with Gasteiger partial charge in [0.1, 0.15) is 0 Å². The van der Waals surface area contributed by atoms with Gasteiger partial charge in [0.25, 0.3) is 0 Å². The first kappa shape index (κ1) is 19.9. The molecule has 0 bridgehead atoms. The van der Waals surface area contributed by atoms with Crippen LogP contribution >= 0.6 is 0 Å². The third-order valence-corrected chi connectivity index (χ3v) is 4.58. The number of rotatable bonds is 8. The summed E-state index contributed by atoms with van der Waals surface area (Å²) in [6, 6.07) is 7.71. The summed E-state index contributed by atoms with van der Waals surface area (Å²) in [7, 11) is 1.45. The quantitative estimate of drug-likeness (QED) is 0.732. The molecule has 2 unspecified atom stereocenters. The molecule has 1 fully saturated rings. The predicted octanol–water partition coefficient (Wildman–Crippen LogP) is 1.60. The Morgan fingerprint density at radius 2 is 2.00 bits per heavy atom. The van der Waals surface area contributed by atoms with E-state index in [2.05, 4.69) is 12.2 Å². The molecule has 0 saturated carbocycles. The molecule has 7 heteroatoms. The molecule has 2 N–H and O–H groups in total. The van der Waals surface area contributed by atoms with Crippen LogP contribution < -0.4 is 10.2 Å². The molecule has 26 heavy (non-hydrogen) atoms. The number of methoxy groups -OCH3 is 1. The number of aliphatic carboxylic acids is 1. The topological polar surface area (TPSA) is 95.9 Å². The number of ether oxygens (including phenoxy) is 1. The molecule has 2 amide bonds. The van der Waals surface area contributed by atoms with Crippen molar-refractivity contribution in [2.75, 3.05) is 25.2 Å². The minimum Gasteiger partial charge on any atom is -0.481 e. The fraction of sp³-hybridized carbons (Fsp3) is 0.526. The van der Waals surface area contributed by atoms with E-state index in [-0.39, 0.29) is 37.8 Å². The number of carboxylic acid groups (broad SMARTS) is 1. The third kappa shape index (κ3) is 4.82. The number of benzene rings is 1. The number of nitrogens with one attached hydrogen (secondary N) is 1. The van der Waals surface area contributed by atoms with Crippen LogP contribution in [0.25, 0.3) is 0 Å². The SMILES string of the molecule is CCc1ccc(N2CC(C(=O)NC(C)(COC)CC(=O)O)CC2=O)cc1. The summed E-state index contributed by atoms with van der Waals surface area (Å²) < 4.78 is 5.05. The van der Waals surface area contributed by atoms with Crippen LogP contribution in [-0.2, 0) is 25.5 Å². The van der Waals surface area contributed by atoms with Crippen molar-refractivity contribution in [3.8, 4) is 0 Å². The van der Waals surface area contributed by atoms with E-state index in [4.69, 9.17) is 9.84 Å². The average molecular weight is 362 g/mol. The Kier molecular flexibility index (Phi) is 6.37. The fourth-order valence-corrected chi connectivity index (χ4v) is 3.23. The summed E-state index contributed by atoms with van der Waals surface area (Å²) >= 11 is 0. The van der Waals surface area contributed by atoms with E-state index < -0.39 is 17.4 Å². The van der Waals surface area contributed by atoms with Crippen LogP contribution in [0.4, 0.5) is 5.69 Å². The summed E-state index contributed by atoms with van der Waals surface area (Å²) in [5.41, 5.74) is 0.933. The second kappa shape index (κ2) is 8.31. The lowest BCUT2D eigenvalue weighted by atomic mass is 9.97. The first-order valence-electron chi connectivity index (χ1n) is 8.70. The summed E-state index contributed by atoms with van der Waals surface area (Å²) in [4.78, 5) is 37.6. The Morgan fingerprint density at radius 1 is 1.35 bits per heavy atom. The monoisotopic (exact) mass is 362 g/mol. The maximum absolute atomic E-state index is 12.6. The van der Waals surface area contributed by atoms with Gasteiger partial charge in [-0.1, -0.05) is 19.1 Å². The fourth-order valence-electron chi connectivity index (χ4n) is 3.23. The van der Waals surface area contributed by atoms with Gasteiger partial charge in [0.15, 0.2) is 0 Å². The number of amides is 2. The molecule has 1 heterocycles. The average Bonchev–Trinajstić information content (AvgIpc) is 2.96. The molecule has 1 aliphatic rings. The molecule has 1 aromatic carbocycles. The number of anilines is 1. The zero-order valence-corrected chi connectivity index (χ0v) is 15.4. The first-order chi connectivity index (χ1) is 12.3. The van der Waals surface area contributed by atoms with Crippen LogP contribution in [0.3, 0.4) is 0 Å². The van der Waals surface area contributed by atoms with Gasteiger partial charge in [-0.3, -0.25) is 14.4 Å². The lowest BCUT2D eigenvalue weighted by molar-refractivity contribution is -0.140. The number of hydrogen-bond donors (Lipinski definition) is 2. The van der Waals surface area contributed by atoms with E-state index in [1.807, 2.05) is 24.3 Å². The standard InChI is InChI=1S/C19H26N2O5/c1-4-13-5-7-15(8-6-13)21-11-14(9-16(21)22)18(25)20-19(2,12-26-3)10-17(23)24/h5-8,14H,4,9-12H2,1-3H3,(H,20,25)(H,23,24). The van der Waals surface area contributed by atoms with Crippen LogP contribution in [0, 0.1) is 5.92 Å². The third-order valence-electron chi connectivity index (χ3n) is 4.58. The highest BCUT2D eigenvalue weighted by Gasteiger charge is 2.38. The largest absolute Gasteiger partial charge is 0.481 e. The van der Waals surface area contributed by atoms with Crippen molar-refractivity contribution in [3.63, 3.8) is 0 Å². The molecule has 0 radical (unpaired) electrons. The van der Waals surface area contributed by atoms with Gasteiger partial charge in [0.05, 0.1) is 24.5 Å². The van der Waals surface area contributed by atoms with Crippen molar-refractivity contribution in [3.05, 3.63) is 29.8 Å². The van der Waals surface area contributed by atoms with E-state index in [1.54, 1.807) is 11.8 Å². The van der Waals surface area contributed by atoms with Crippen LogP contribution in [0.15, 0.2) is 24.3 Å². The van der Waals surface area contributed by atoms with Crippen LogP contribution in [0.1, 0.15) is 32.3 Å². The van der Waals surface area contributed by atoms with E-state index in [9.17, 15) is 14.4 Å². The van der Waals surface area contributed by atoms with Gasteiger partial charge in [0.2, 0.25) is 11.8 Å². The Labute approximate surface area is 153 Å². The molecule has 1 saturated heterocycles. The first-order valence-corrected chi connectivity index (χ1v) is 8.70. The molecule has 7 nitrogen and oxygen atoms in total. The molecule has 0 aromatic heterocycles. The van der Waals surface area contributed by atoms with E-state index in [1.165, 1.54) is 12.7 Å². The number of nitrogens with zero attached hydrogens (tertiary/aromatic N) is 1. The molecule has 0 aliphatic carbocycles. The molecular formula is C19H26N2O5. The highest BCUT2D eigenvalue weighted by Crippen LogP contribution is 2.26. The van der Waals surface area contributed by atoms with Crippen LogP contribution in [0.5, 0.6) is 0 Å². The van der Waals surface area contributed by atoms with Gasteiger partial charge in [0, 0.05) is 25.8 Å². The number of carbonyl (C=O) groups is 3. The Morgan fingerprint density at radius 3 is 2.54 bits per heavy atom. The highest BCUT2D eigenvalue weighted by molar-refractivity contribution is 6.00. The van der Waals surface area contributed by atoms with Crippen molar-refractivity contribution in [1.82, 2.24) is 5.32 Å². The van der Waals surface area contributed by atoms with Gasteiger partial charge in [-0.25, -0.2) is 0 Å². The summed E-state index contributed by atoms with van der Waals surface area (Å²) in [6.45, 7) is 4.05. The van der Waals surface area contributed by atoms with E-state index >= 15 is 0 Å². The zero-order chi connectivity index (χ0) is 19.3. The van der Waals surface area contributed by atoms with Gasteiger partial charge in [-0.15, -0.1) is 0 Å². The van der Waals surface area contributed by atoms with Gasteiger partial charge in [-0.05, 0) is 31.0 Å². The van der Waals surface area contributed by atoms with Crippen LogP contribution in [0.2, 0.25) is 0 Å². The van der Waals surface area contributed by atoms with Gasteiger partial charge < -0.3 is 20.1 Å². The molecule has 1 aromatic rings.